The molecular formula is C22H20N8O. The van der Waals surface area contributed by atoms with Crippen molar-refractivity contribution in [2.45, 2.75) is 0 Å². The van der Waals surface area contributed by atoms with Crippen LogP contribution >= 0.6 is 0 Å². The fourth-order valence-corrected chi connectivity index (χ4v) is 4.10. The second-order valence-electron chi connectivity index (χ2n) is 8.30. The van der Waals surface area contributed by atoms with Crippen molar-refractivity contribution in [1.29, 1.82) is 0 Å². The van der Waals surface area contributed by atoms with Gasteiger partial charge in [0.25, 0.3) is 0 Å². The Balaban J connectivity index is 1.35. The normalized spacial score (nSPS) is 16.6. The fraction of sp³-hybridized carbons (Fsp3) is 0.318. The average molecular weight is 412 g/mol. The first-order chi connectivity index (χ1) is 15.1. The molecule has 0 radical (unpaired) electrons. The van der Waals surface area contributed by atoms with Gasteiger partial charge in [0.1, 0.15) is 0 Å². The van der Waals surface area contributed by atoms with E-state index in [2.05, 4.69) is 36.7 Å². The number of hydrogen-bond acceptors (Lipinski definition) is 7. The topological polar surface area (TPSA) is 86.8 Å². The number of ether oxygens (including phenoxy) is 1. The maximum absolute atomic E-state index is 5.40. The first-order valence-corrected chi connectivity index (χ1v) is 10.1. The molecule has 0 saturated carbocycles. The first-order valence-electron chi connectivity index (χ1n) is 10.1. The van der Waals surface area contributed by atoms with E-state index in [1.165, 1.54) is 0 Å². The van der Waals surface area contributed by atoms with Gasteiger partial charge < -0.3 is 18.8 Å². The first kappa shape index (κ1) is 18.0. The molecule has 4 aromatic rings. The van der Waals surface area contributed by atoms with Crippen molar-refractivity contribution < 1.29 is 4.74 Å². The van der Waals surface area contributed by atoms with Gasteiger partial charge >= 0.3 is 0 Å². The van der Waals surface area contributed by atoms with Crippen LogP contribution in [0.15, 0.2) is 37.1 Å². The number of nitrogens with zero attached hydrogens (tertiary/aromatic N) is 8. The predicted octanol–water partition coefficient (Wildman–Crippen LogP) is 1.40. The number of rotatable bonds is 2. The monoisotopic (exact) mass is 412 g/mol. The van der Waals surface area contributed by atoms with Gasteiger partial charge in [0.05, 0.1) is 30.7 Å². The van der Waals surface area contributed by atoms with E-state index in [0.717, 1.165) is 54.5 Å². The van der Waals surface area contributed by atoms with Crippen LogP contribution in [0.25, 0.3) is 22.4 Å². The Morgan fingerprint density at radius 3 is 2.68 bits per heavy atom. The standard InChI is InChI=1S/C22H20N8O/c1-28-9-16(15-4-3-7-23-8-15)25-18(28)6-5-17-26-20-19(24-14-29(20)2)21(27-17)30-10-22(11-30)12-31-13-22/h3-4,7-9,14H,10-13H2,1-2H3. The third kappa shape index (κ3) is 2.95. The Labute approximate surface area is 178 Å². The van der Waals surface area contributed by atoms with Crippen molar-refractivity contribution in [2.75, 3.05) is 31.2 Å². The lowest BCUT2D eigenvalue weighted by atomic mass is 9.78. The van der Waals surface area contributed by atoms with Crippen molar-refractivity contribution in [3.63, 3.8) is 0 Å². The Morgan fingerprint density at radius 1 is 1.06 bits per heavy atom. The molecule has 1 spiro atoms. The van der Waals surface area contributed by atoms with Crippen LogP contribution in [0.5, 0.6) is 0 Å². The van der Waals surface area contributed by atoms with Gasteiger partial charge in [0.15, 0.2) is 22.8 Å². The zero-order chi connectivity index (χ0) is 21.0. The molecule has 154 valence electrons. The van der Waals surface area contributed by atoms with Crippen LogP contribution in [0.3, 0.4) is 0 Å². The second-order valence-corrected chi connectivity index (χ2v) is 8.30. The van der Waals surface area contributed by atoms with E-state index in [4.69, 9.17) is 9.72 Å². The summed E-state index contributed by atoms with van der Waals surface area (Å²) in [6.07, 6.45) is 7.24. The van der Waals surface area contributed by atoms with E-state index in [1.54, 1.807) is 18.7 Å². The molecule has 6 rings (SSSR count). The van der Waals surface area contributed by atoms with Crippen LogP contribution in [0, 0.1) is 17.3 Å². The summed E-state index contributed by atoms with van der Waals surface area (Å²) in [5.41, 5.74) is 3.65. The Morgan fingerprint density at radius 2 is 1.94 bits per heavy atom. The molecule has 0 bridgehead atoms. The maximum atomic E-state index is 5.40. The van der Waals surface area contributed by atoms with Gasteiger partial charge in [0, 0.05) is 51.3 Å². The van der Waals surface area contributed by atoms with Crippen molar-refractivity contribution in [2.24, 2.45) is 19.5 Å². The van der Waals surface area contributed by atoms with Gasteiger partial charge in [0.2, 0.25) is 5.82 Å². The van der Waals surface area contributed by atoms with Crippen LogP contribution < -0.4 is 4.90 Å². The van der Waals surface area contributed by atoms with Gasteiger partial charge in [-0.3, -0.25) is 4.98 Å². The van der Waals surface area contributed by atoms with E-state index in [-0.39, 0.29) is 5.41 Å². The number of hydrogen-bond donors (Lipinski definition) is 0. The van der Waals surface area contributed by atoms with Gasteiger partial charge in [-0.15, -0.1) is 0 Å². The van der Waals surface area contributed by atoms with E-state index in [0.29, 0.717) is 11.6 Å². The molecule has 2 aliphatic rings. The summed E-state index contributed by atoms with van der Waals surface area (Å²) in [5.74, 6) is 8.17. The maximum Gasteiger partial charge on any atom is 0.209 e. The molecular weight excluding hydrogens is 392 g/mol. The third-order valence-electron chi connectivity index (χ3n) is 5.83. The van der Waals surface area contributed by atoms with Crippen LogP contribution in [0.1, 0.15) is 11.6 Å². The summed E-state index contributed by atoms with van der Waals surface area (Å²) >= 11 is 0. The number of fused-ring (bicyclic) bond motifs is 1. The lowest BCUT2D eigenvalue weighted by Gasteiger charge is -2.55. The highest BCUT2D eigenvalue weighted by atomic mass is 16.5. The van der Waals surface area contributed by atoms with E-state index in [9.17, 15) is 0 Å². The molecule has 0 N–H and O–H groups in total. The number of imidazole rings is 2. The van der Waals surface area contributed by atoms with Crippen LogP contribution in [-0.4, -0.2) is 60.4 Å². The minimum absolute atomic E-state index is 0.285. The molecule has 0 unspecified atom stereocenters. The summed E-state index contributed by atoms with van der Waals surface area (Å²) in [7, 11) is 3.85. The molecule has 9 nitrogen and oxygen atoms in total. The number of aromatic nitrogens is 7. The van der Waals surface area contributed by atoms with Crippen molar-refractivity contribution >= 4 is 17.0 Å². The summed E-state index contributed by atoms with van der Waals surface area (Å²) in [6, 6.07) is 3.87. The molecule has 4 aromatic heterocycles. The zero-order valence-electron chi connectivity index (χ0n) is 17.3. The quantitative estimate of drug-likeness (QED) is 0.460. The molecule has 2 saturated heterocycles. The number of anilines is 1. The van der Waals surface area contributed by atoms with E-state index < -0.39 is 0 Å². The summed E-state index contributed by atoms with van der Waals surface area (Å²) in [4.78, 5) is 24.9. The lowest BCUT2D eigenvalue weighted by molar-refractivity contribution is -0.127. The highest BCUT2D eigenvalue weighted by Crippen LogP contribution is 2.41. The van der Waals surface area contributed by atoms with Gasteiger partial charge in [-0.2, -0.15) is 0 Å². The number of pyridine rings is 1. The molecule has 0 aliphatic carbocycles. The molecule has 0 aromatic carbocycles. The van der Waals surface area contributed by atoms with Gasteiger partial charge in [-0.1, -0.05) is 0 Å². The van der Waals surface area contributed by atoms with Crippen molar-refractivity contribution in [3.05, 3.63) is 48.7 Å². The SMILES string of the molecule is Cn1cc(-c2cccnc2)nc1C#Cc1nc(N2CC3(COC3)C2)c2ncn(C)c2n1. The molecule has 2 fully saturated rings. The van der Waals surface area contributed by atoms with Gasteiger partial charge in [-0.25, -0.2) is 19.9 Å². The molecule has 0 amide bonds. The fourth-order valence-electron chi connectivity index (χ4n) is 4.10. The third-order valence-corrected chi connectivity index (χ3v) is 5.83. The van der Waals surface area contributed by atoms with Crippen LogP contribution in [0.4, 0.5) is 5.82 Å². The average Bonchev–Trinajstić information content (AvgIpc) is 3.28. The van der Waals surface area contributed by atoms with Gasteiger partial charge in [-0.05, 0) is 24.0 Å². The molecule has 0 atom stereocenters. The minimum atomic E-state index is 0.285. The smallest absolute Gasteiger partial charge is 0.209 e. The second kappa shape index (κ2) is 6.62. The van der Waals surface area contributed by atoms with E-state index >= 15 is 0 Å². The van der Waals surface area contributed by atoms with Crippen LogP contribution in [0.2, 0.25) is 0 Å². The summed E-state index contributed by atoms with van der Waals surface area (Å²) in [6.45, 7) is 3.50. The number of aryl methyl sites for hydroxylation is 2. The van der Waals surface area contributed by atoms with E-state index in [1.807, 2.05) is 41.6 Å². The van der Waals surface area contributed by atoms with Crippen LogP contribution in [-0.2, 0) is 18.8 Å². The lowest BCUT2D eigenvalue weighted by Crippen LogP contribution is -2.66. The Kier molecular flexibility index (Phi) is 3.85. The molecule has 31 heavy (non-hydrogen) atoms. The van der Waals surface area contributed by atoms with Crippen molar-refractivity contribution in [1.82, 2.24) is 34.1 Å². The highest BCUT2D eigenvalue weighted by molar-refractivity contribution is 5.84. The molecule has 6 heterocycles. The minimum Gasteiger partial charge on any atom is -0.380 e. The largest absolute Gasteiger partial charge is 0.380 e. The summed E-state index contributed by atoms with van der Waals surface area (Å²) < 4.78 is 9.19. The summed E-state index contributed by atoms with van der Waals surface area (Å²) in [5, 5.41) is 0. The van der Waals surface area contributed by atoms with Crippen molar-refractivity contribution in [3.8, 4) is 23.1 Å². The highest BCUT2D eigenvalue weighted by Gasteiger charge is 2.50. The predicted molar refractivity (Wildman–Crippen MR) is 114 cm³/mol. The Hall–Kier alpha value is -3.77. The molecule has 9 heteroatoms. The molecule has 2 aliphatic heterocycles. The Bertz CT molecular complexity index is 1350. The zero-order valence-corrected chi connectivity index (χ0v) is 17.3.